The molecule has 1 saturated heterocycles. The Hall–Kier alpha value is -2.97. The largest absolute Gasteiger partial charge is 0.444 e. The topological polar surface area (TPSA) is 117 Å². The summed E-state index contributed by atoms with van der Waals surface area (Å²) in [5.74, 6) is -0.665. The number of amides is 3. The maximum Gasteiger partial charge on any atom is 0.410 e. The molecule has 4 N–H and O–H groups in total. The van der Waals surface area contributed by atoms with Gasteiger partial charge < -0.3 is 30.9 Å². The van der Waals surface area contributed by atoms with Gasteiger partial charge >= 0.3 is 6.09 Å². The van der Waals surface area contributed by atoms with Crippen molar-refractivity contribution in [2.24, 2.45) is 5.41 Å². The molecule has 1 aromatic carbocycles. The van der Waals surface area contributed by atoms with Crippen LogP contribution >= 0.6 is 0 Å². The predicted molar refractivity (Wildman–Crippen MR) is 130 cm³/mol. The second-order valence-corrected chi connectivity index (χ2v) is 10.7. The van der Waals surface area contributed by atoms with Gasteiger partial charge in [0.1, 0.15) is 5.60 Å². The summed E-state index contributed by atoms with van der Waals surface area (Å²) in [5.41, 5.74) is 6.79. The fraction of sp³-hybridized carbons (Fsp3) is 0.625. The third kappa shape index (κ3) is 8.14. The molecule has 1 aliphatic heterocycles. The smallest absolute Gasteiger partial charge is 0.410 e. The summed E-state index contributed by atoms with van der Waals surface area (Å²) in [6.45, 7) is 15.7. The summed E-state index contributed by atoms with van der Waals surface area (Å²) in [7, 11) is 0. The first-order chi connectivity index (χ1) is 15.2. The number of rotatable bonds is 5. The predicted octanol–water partition coefficient (Wildman–Crippen LogP) is 2.61. The number of nitrogen functional groups attached to an aromatic ring is 1. The molecule has 9 nitrogen and oxygen atoms in total. The van der Waals surface area contributed by atoms with E-state index in [1.807, 2.05) is 40.7 Å². The average molecular weight is 462 g/mol. The van der Waals surface area contributed by atoms with E-state index in [4.69, 9.17) is 10.5 Å². The van der Waals surface area contributed by atoms with Gasteiger partial charge in [0.2, 0.25) is 5.91 Å². The Morgan fingerprint density at radius 1 is 1.15 bits per heavy atom. The zero-order valence-electron chi connectivity index (χ0n) is 20.9. The molecule has 2 rings (SSSR count). The highest BCUT2D eigenvalue weighted by Gasteiger charge is 2.33. The van der Waals surface area contributed by atoms with E-state index >= 15 is 0 Å². The molecular formula is C24H39N5O4. The standard InChI is InChI=1S/C24H39N5O4/c1-16(2)27-20(30)13-26-21(31)18-12-17(8-9-19(18)25)28-10-11-29(15-24(6,7)14-28)22(32)33-23(3,4)5/h8-9,12,16H,10-11,13-15,25H2,1-7H3,(H,26,31)(H,27,30). The van der Waals surface area contributed by atoms with E-state index in [2.05, 4.69) is 29.4 Å². The van der Waals surface area contributed by atoms with Crippen molar-refractivity contribution in [2.75, 3.05) is 43.4 Å². The maximum atomic E-state index is 12.7. The number of nitrogens with two attached hydrogens (primary N) is 1. The summed E-state index contributed by atoms with van der Waals surface area (Å²) in [5, 5.41) is 5.36. The van der Waals surface area contributed by atoms with Gasteiger partial charge in [-0.1, -0.05) is 13.8 Å². The lowest BCUT2D eigenvalue weighted by Gasteiger charge is -2.32. The molecule has 1 aliphatic rings. The van der Waals surface area contributed by atoms with E-state index in [9.17, 15) is 14.4 Å². The van der Waals surface area contributed by atoms with E-state index in [1.165, 1.54) is 0 Å². The van der Waals surface area contributed by atoms with Crippen molar-refractivity contribution < 1.29 is 19.1 Å². The van der Waals surface area contributed by atoms with Crippen molar-refractivity contribution in [3.05, 3.63) is 23.8 Å². The highest BCUT2D eigenvalue weighted by Crippen LogP contribution is 2.29. The van der Waals surface area contributed by atoms with Crippen LogP contribution in [0.4, 0.5) is 16.2 Å². The van der Waals surface area contributed by atoms with Crippen LogP contribution in [-0.4, -0.2) is 67.2 Å². The van der Waals surface area contributed by atoms with Crippen LogP contribution in [0.5, 0.6) is 0 Å². The third-order valence-corrected chi connectivity index (χ3v) is 5.04. The van der Waals surface area contributed by atoms with E-state index < -0.39 is 11.5 Å². The molecule has 0 aromatic heterocycles. The van der Waals surface area contributed by atoms with E-state index in [-0.39, 0.29) is 30.0 Å². The van der Waals surface area contributed by atoms with Crippen molar-refractivity contribution in [3.8, 4) is 0 Å². The summed E-state index contributed by atoms with van der Waals surface area (Å²) in [6, 6.07) is 5.30. The van der Waals surface area contributed by atoms with Crippen LogP contribution in [-0.2, 0) is 9.53 Å². The van der Waals surface area contributed by atoms with Crippen molar-refractivity contribution >= 4 is 29.3 Å². The van der Waals surface area contributed by atoms with Gasteiger partial charge in [-0.25, -0.2) is 4.79 Å². The molecular weight excluding hydrogens is 422 g/mol. The minimum Gasteiger partial charge on any atom is -0.444 e. The number of nitrogens with zero attached hydrogens (tertiary/aromatic N) is 2. The molecule has 0 atom stereocenters. The van der Waals surface area contributed by atoms with Gasteiger partial charge in [-0.05, 0) is 58.2 Å². The van der Waals surface area contributed by atoms with Crippen LogP contribution in [0.3, 0.4) is 0 Å². The summed E-state index contributed by atoms with van der Waals surface area (Å²) < 4.78 is 5.57. The molecule has 0 radical (unpaired) electrons. The molecule has 0 spiro atoms. The first-order valence-corrected chi connectivity index (χ1v) is 11.4. The van der Waals surface area contributed by atoms with Gasteiger partial charge in [-0.2, -0.15) is 0 Å². The van der Waals surface area contributed by atoms with Crippen LogP contribution in [0, 0.1) is 5.41 Å². The lowest BCUT2D eigenvalue weighted by Crippen LogP contribution is -2.42. The Morgan fingerprint density at radius 2 is 1.82 bits per heavy atom. The number of anilines is 2. The van der Waals surface area contributed by atoms with Gasteiger partial charge in [0.25, 0.3) is 5.91 Å². The molecule has 33 heavy (non-hydrogen) atoms. The Bertz CT molecular complexity index is 876. The molecule has 1 aromatic rings. The van der Waals surface area contributed by atoms with Gasteiger partial charge in [-0.15, -0.1) is 0 Å². The van der Waals surface area contributed by atoms with Gasteiger partial charge in [-0.3, -0.25) is 9.59 Å². The lowest BCUT2D eigenvalue weighted by atomic mass is 9.92. The Morgan fingerprint density at radius 3 is 2.42 bits per heavy atom. The van der Waals surface area contributed by atoms with Crippen LogP contribution in [0.2, 0.25) is 0 Å². The fourth-order valence-electron chi connectivity index (χ4n) is 3.75. The number of hydrogen-bond acceptors (Lipinski definition) is 6. The first kappa shape index (κ1) is 26.3. The third-order valence-electron chi connectivity index (χ3n) is 5.04. The van der Waals surface area contributed by atoms with Crippen molar-refractivity contribution in [3.63, 3.8) is 0 Å². The molecule has 0 aliphatic carbocycles. The zero-order chi connectivity index (χ0) is 25.0. The van der Waals surface area contributed by atoms with Gasteiger partial charge in [0.05, 0.1) is 12.1 Å². The highest BCUT2D eigenvalue weighted by atomic mass is 16.6. The van der Waals surface area contributed by atoms with E-state index in [0.29, 0.717) is 37.4 Å². The molecule has 0 unspecified atom stereocenters. The second-order valence-electron chi connectivity index (χ2n) is 10.7. The van der Waals surface area contributed by atoms with Crippen molar-refractivity contribution in [1.82, 2.24) is 15.5 Å². The molecule has 1 heterocycles. The SMILES string of the molecule is CC(C)NC(=O)CNC(=O)c1cc(N2CCN(C(=O)OC(C)(C)C)CC(C)(C)C2)ccc1N. The molecule has 1 fully saturated rings. The highest BCUT2D eigenvalue weighted by molar-refractivity contribution is 6.01. The fourth-order valence-corrected chi connectivity index (χ4v) is 3.75. The Kier molecular flexibility index (Phi) is 8.21. The number of hydrogen-bond donors (Lipinski definition) is 3. The Balaban J connectivity index is 2.15. The minimum absolute atomic E-state index is 0.00515. The average Bonchev–Trinajstić information content (AvgIpc) is 2.83. The number of carbonyl (C=O) groups excluding carboxylic acids is 3. The summed E-state index contributed by atoms with van der Waals surface area (Å²) in [4.78, 5) is 41.1. The molecule has 184 valence electrons. The number of ether oxygens (including phenoxy) is 1. The monoisotopic (exact) mass is 461 g/mol. The summed E-state index contributed by atoms with van der Waals surface area (Å²) >= 11 is 0. The van der Waals surface area contributed by atoms with Crippen LogP contribution < -0.4 is 21.3 Å². The molecule has 3 amide bonds. The number of benzene rings is 1. The number of carbonyl (C=O) groups is 3. The maximum absolute atomic E-state index is 12.7. The summed E-state index contributed by atoms with van der Waals surface area (Å²) in [6.07, 6.45) is -0.325. The quantitative estimate of drug-likeness (QED) is 0.581. The van der Waals surface area contributed by atoms with Crippen molar-refractivity contribution in [2.45, 2.75) is 60.1 Å². The Labute approximate surface area is 197 Å². The number of nitrogens with one attached hydrogen (secondary N) is 2. The lowest BCUT2D eigenvalue weighted by molar-refractivity contribution is -0.120. The second kappa shape index (κ2) is 10.3. The van der Waals surface area contributed by atoms with E-state index in [0.717, 1.165) is 5.69 Å². The van der Waals surface area contributed by atoms with Gasteiger partial charge in [0.15, 0.2) is 0 Å². The van der Waals surface area contributed by atoms with E-state index in [1.54, 1.807) is 17.0 Å². The first-order valence-electron chi connectivity index (χ1n) is 11.4. The zero-order valence-corrected chi connectivity index (χ0v) is 20.9. The van der Waals surface area contributed by atoms with Crippen molar-refractivity contribution in [1.29, 1.82) is 0 Å². The molecule has 9 heteroatoms. The molecule has 0 saturated carbocycles. The van der Waals surface area contributed by atoms with Crippen LogP contribution in [0.1, 0.15) is 58.8 Å². The molecule has 0 bridgehead atoms. The van der Waals surface area contributed by atoms with Crippen LogP contribution in [0.15, 0.2) is 18.2 Å². The minimum atomic E-state index is -0.557. The normalized spacial score (nSPS) is 16.2. The van der Waals surface area contributed by atoms with Crippen LogP contribution in [0.25, 0.3) is 0 Å². The van der Waals surface area contributed by atoms with Gasteiger partial charge in [0, 0.05) is 43.6 Å².